The van der Waals surface area contributed by atoms with E-state index in [2.05, 4.69) is 5.32 Å². The minimum Gasteiger partial charge on any atom is -0.484 e. The highest BCUT2D eigenvalue weighted by molar-refractivity contribution is 7.09. The van der Waals surface area contributed by atoms with Crippen LogP contribution in [0.4, 0.5) is 0 Å². The van der Waals surface area contributed by atoms with E-state index in [0.29, 0.717) is 12.3 Å². The van der Waals surface area contributed by atoms with Gasteiger partial charge in [-0.15, -0.1) is 11.3 Å². The van der Waals surface area contributed by atoms with Gasteiger partial charge in [0.15, 0.2) is 6.61 Å². The van der Waals surface area contributed by atoms with Gasteiger partial charge in [0.25, 0.3) is 5.91 Å². The topological polar surface area (TPSA) is 47.6 Å². The minimum atomic E-state index is -0.145. The second-order valence-electron chi connectivity index (χ2n) is 5.53. The fourth-order valence-corrected chi connectivity index (χ4v) is 2.79. The molecule has 1 amide bonds. The predicted molar refractivity (Wildman–Crippen MR) is 99.4 cm³/mol. The van der Waals surface area contributed by atoms with Crippen LogP contribution in [0.2, 0.25) is 0 Å². The molecule has 0 fully saturated rings. The molecule has 0 aliphatic rings. The Balaban J connectivity index is 1.45. The lowest BCUT2D eigenvalue weighted by molar-refractivity contribution is -0.123. The molecule has 2 aromatic carbocycles. The highest BCUT2D eigenvalue weighted by atomic mass is 32.1. The average molecular weight is 353 g/mol. The van der Waals surface area contributed by atoms with Crippen LogP contribution >= 0.6 is 11.3 Å². The van der Waals surface area contributed by atoms with Crippen LogP contribution in [0.1, 0.15) is 10.4 Å². The van der Waals surface area contributed by atoms with Crippen molar-refractivity contribution < 1.29 is 14.3 Å². The normalized spacial score (nSPS) is 10.3. The monoisotopic (exact) mass is 353 g/mol. The summed E-state index contributed by atoms with van der Waals surface area (Å²) in [5.74, 6) is 1.99. The molecule has 0 unspecified atom stereocenters. The zero-order valence-electron chi connectivity index (χ0n) is 13.9. The van der Waals surface area contributed by atoms with E-state index in [1.165, 1.54) is 5.56 Å². The molecule has 0 radical (unpaired) electrons. The Bertz CT molecular complexity index is 796. The van der Waals surface area contributed by atoms with Gasteiger partial charge >= 0.3 is 0 Å². The Kier molecular flexibility index (Phi) is 5.69. The van der Waals surface area contributed by atoms with Crippen LogP contribution in [-0.4, -0.2) is 12.5 Å². The van der Waals surface area contributed by atoms with Crippen molar-refractivity contribution in [3.05, 3.63) is 76.5 Å². The number of aryl methyl sites for hydroxylation is 1. The maximum Gasteiger partial charge on any atom is 0.258 e. The van der Waals surface area contributed by atoms with Crippen LogP contribution in [0.25, 0.3) is 0 Å². The number of rotatable bonds is 7. The first-order chi connectivity index (χ1) is 12.2. The number of hydrogen-bond donors (Lipinski definition) is 1. The SMILES string of the molecule is Cc1ccc(Oc2ccc(OCC(=O)NCc3cccs3)cc2)cc1. The number of amides is 1. The molecule has 0 saturated carbocycles. The van der Waals surface area contributed by atoms with E-state index in [0.717, 1.165) is 16.4 Å². The van der Waals surface area contributed by atoms with Gasteiger partial charge < -0.3 is 14.8 Å². The van der Waals surface area contributed by atoms with Crippen LogP contribution in [0, 0.1) is 6.92 Å². The second kappa shape index (κ2) is 8.35. The van der Waals surface area contributed by atoms with Gasteiger partial charge in [-0.3, -0.25) is 4.79 Å². The van der Waals surface area contributed by atoms with Gasteiger partial charge in [0.1, 0.15) is 17.2 Å². The fourth-order valence-electron chi connectivity index (χ4n) is 2.15. The largest absolute Gasteiger partial charge is 0.484 e. The number of nitrogens with one attached hydrogen (secondary N) is 1. The summed E-state index contributed by atoms with van der Waals surface area (Å²) in [7, 11) is 0. The standard InChI is InChI=1S/C20H19NO3S/c1-15-4-6-17(7-5-15)24-18-10-8-16(9-11-18)23-14-20(22)21-13-19-3-2-12-25-19/h2-12H,13-14H2,1H3,(H,21,22). The molecule has 0 saturated heterocycles. The van der Waals surface area contributed by atoms with E-state index in [1.807, 2.05) is 60.8 Å². The van der Waals surface area contributed by atoms with Gasteiger partial charge in [-0.2, -0.15) is 0 Å². The lowest BCUT2D eigenvalue weighted by Crippen LogP contribution is -2.28. The second-order valence-corrected chi connectivity index (χ2v) is 6.56. The molecular weight excluding hydrogens is 334 g/mol. The summed E-state index contributed by atoms with van der Waals surface area (Å²) in [5, 5.41) is 4.81. The number of thiophene rings is 1. The van der Waals surface area contributed by atoms with Crippen molar-refractivity contribution in [2.24, 2.45) is 0 Å². The van der Waals surface area contributed by atoms with Gasteiger partial charge in [-0.1, -0.05) is 23.8 Å². The summed E-state index contributed by atoms with van der Waals surface area (Å²) in [4.78, 5) is 12.9. The third-order valence-corrected chi connectivity index (χ3v) is 4.37. The van der Waals surface area contributed by atoms with Crippen LogP contribution in [0.5, 0.6) is 17.2 Å². The summed E-state index contributed by atoms with van der Waals surface area (Å²) in [5.41, 5.74) is 1.19. The molecule has 1 N–H and O–H groups in total. The number of ether oxygens (including phenoxy) is 2. The van der Waals surface area contributed by atoms with E-state index < -0.39 is 0 Å². The number of hydrogen-bond acceptors (Lipinski definition) is 4. The summed E-state index contributed by atoms with van der Waals surface area (Å²) >= 11 is 1.61. The third-order valence-electron chi connectivity index (χ3n) is 3.49. The van der Waals surface area contributed by atoms with Crippen molar-refractivity contribution in [3.63, 3.8) is 0 Å². The van der Waals surface area contributed by atoms with E-state index in [1.54, 1.807) is 23.5 Å². The van der Waals surface area contributed by atoms with E-state index >= 15 is 0 Å². The zero-order chi connectivity index (χ0) is 17.5. The lowest BCUT2D eigenvalue weighted by atomic mass is 10.2. The van der Waals surface area contributed by atoms with E-state index in [-0.39, 0.29) is 12.5 Å². The molecule has 0 bridgehead atoms. The molecule has 3 aromatic rings. The number of carbonyl (C=O) groups is 1. The molecule has 3 rings (SSSR count). The molecule has 0 spiro atoms. The molecule has 0 aliphatic carbocycles. The number of carbonyl (C=O) groups excluding carboxylic acids is 1. The molecule has 5 heteroatoms. The molecule has 0 atom stereocenters. The average Bonchev–Trinajstić information content (AvgIpc) is 3.15. The van der Waals surface area contributed by atoms with Crippen molar-refractivity contribution in [2.75, 3.05) is 6.61 Å². The molecule has 1 aromatic heterocycles. The van der Waals surface area contributed by atoms with Gasteiger partial charge in [0.05, 0.1) is 6.54 Å². The summed E-state index contributed by atoms with van der Waals surface area (Å²) < 4.78 is 11.3. The van der Waals surface area contributed by atoms with Gasteiger partial charge in [0.2, 0.25) is 0 Å². The van der Waals surface area contributed by atoms with Crippen LogP contribution in [0.15, 0.2) is 66.0 Å². The minimum absolute atomic E-state index is 0.0104. The molecule has 128 valence electrons. The summed E-state index contributed by atoms with van der Waals surface area (Å²) in [6.07, 6.45) is 0. The number of benzene rings is 2. The van der Waals surface area contributed by atoms with Crippen molar-refractivity contribution in [1.82, 2.24) is 5.32 Å². The van der Waals surface area contributed by atoms with Crippen molar-refractivity contribution in [1.29, 1.82) is 0 Å². The first kappa shape index (κ1) is 17.0. The lowest BCUT2D eigenvalue weighted by Gasteiger charge is -2.09. The maximum absolute atomic E-state index is 11.8. The Morgan fingerprint density at radius 1 is 0.960 bits per heavy atom. The first-order valence-electron chi connectivity index (χ1n) is 7.95. The molecule has 25 heavy (non-hydrogen) atoms. The molecular formula is C20H19NO3S. The molecule has 4 nitrogen and oxygen atoms in total. The summed E-state index contributed by atoms with van der Waals surface area (Å²) in [6.45, 7) is 2.55. The summed E-state index contributed by atoms with van der Waals surface area (Å²) in [6, 6.07) is 19.0. The Hall–Kier alpha value is -2.79. The highest BCUT2D eigenvalue weighted by Gasteiger charge is 2.04. The van der Waals surface area contributed by atoms with Crippen molar-refractivity contribution >= 4 is 17.2 Å². The quantitative estimate of drug-likeness (QED) is 0.678. The van der Waals surface area contributed by atoms with E-state index in [4.69, 9.17) is 9.47 Å². The third kappa shape index (κ3) is 5.36. The van der Waals surface area contributed by atoms with Gasteiger partial charge in [-0.05, 0) is 54.8 Å². The van der Waals surface area contributed by atoms with Gasteiger partial charge in [-0.25, -0.2) is 0 Å². The highest BCUT2D eigenvalue weighted by Crippen LogP contribution is 2.24. The molecule has 1 heterocycles. The predicted octanol–water partition coefficient (Wildman–Crippen LogP) is 4.54. The zero-order valence-corrected chi connectivity index (χ0v) is 14.7. The van der Waals surface area contributed by atoms with Crippen molar-refractivity contribution in [2.45, 2.75) is 13.5 Å². The first-order valence-corrected chi connectivity index (χ1v) is 8.83. The van der Waals surface area contributed by atoms with Gasteiger partial charge in [0, 0.05) is 4.88 Å². The Morgan fingerprint density at radius 3 is 2.24 bits per heavy atom. The molecule has 0 aliphatic heterocycles. The van der Waals surface area contributed by atoms with Crippen LogP contribution < -0.4 is 14.8 Å². The van der Waals surface area contributed by atoms with Crippen molar-refractivity contribution in [3.8, 4) is 17.2 Å². The smallest absolute Gasteiger partial charge is 0.258 e. The fraction of sp³-hybridized carbons (Fsp3) is 0.150. The van der Waals surface area contributed by atoms with E-state index in [9.17, 15) is 4.79 Å². The Morgan fingerprint density at radius 2 is 1.60 bits per heavy atom. The van der Waals surface area contributed by atoms with Crippen LogP contribution in [-0.2, 0) is 11.3 Å². The maximum atomic E-state index is 11.8. The Labute approximate surface area is 151 Å². The van der Waals surface area contributed by atoms with Crippen LogP contribution in [0.3, 0.4) is 0 Å².